The predicted octanol–water partition coefficient (Wildman–Crippen LogP) is -2.38. The molecule has 140 valence electrons. The van der Waals surface area contributed by atoms with Crippen LogP contribution in [0.5, 0.6) is 5.75 Å². The topological polar surface area (TPSA) is 190 Å². The van der Waals surface area contributed by atoms with Crippen LogP contribution in [0.15, 0.2) is 23.3 Å². The number of carbonyl (C=O) groups is 2. The van der Waals surface area contributed by atoms with Crippen LogP contribution in [-0.2, 0) is 11.2 Å². The van der Waals surface area contributed by atoms with Crippen molar-refractivity contribution in [1.82, 2.24) is 10.4 Å². The maximum absolute atomic E-state index is 12.1. The second-order valence-electron chi connectivity index (χ2n) is 5.71. The molecule has 1 aromatic rings. The Hall–Kier alpha value is -2.83. The Kier molecular flexibility index (Phi) is 6.38. The maximum atomic E-state index is 12.1. The van der Waals surface area contributed by atoms with Crippen molar-refractivity contribution in [2.24, 2.45) is 22.4 Å². The van der Waals surface area contributed by atoms with E-state index in [1.165, 1.54) is 6.07 Å². The molecule has 1 aliphatic rings. The van der Waals surface area contributed by atoms with Gasteiger partial charge in [0.2, 0.25) is 5.91 Å². The summed E-state index contributed by atoms with van der Waals surface area (Å²) < 4.78 is 5.30. The first-order valence-corrected chi connectivity index (χ1v) is 7.86. The van der Waals surface area contributed by atoms with E-state index in [1.54, 1.807) is 12.1 Å². The van der Waals surface area contributed by atoms with E-state index in [1.807, 2.05) is 0 Å². The summed E-state index contributed by atoms with van der Waals surface area (Å²) in [6.07, 6.45) is -0.0277. The molecule has 1 aromatic carbocycles. The Morgan fingerprint density at radius 1 is 1.46 bits per heavy atom. The number of hydrogen-bond acceptors (Lipinski definition) is 8. The number of hydrazone groups is 1. The first-order chi connectivity index (χ1) is 12.3. The van der Waals surface area contributed by atoms with Crippen molar-refractivity contribution < 1.29 is 24.4 Å². The fourth-order valence-corrected chi connectivity index (χ4v) is 2.52. The van der Waals surface area contributed by atoms with Gasteiger partial charge in [-0.25, -0.2) is 15.8 Å². The largest absolute Gasteiger partial charge is 0.547 e. The van der Waals surface area contributed by atoms with Crippen molar-refractivity contribution in [3.05, 3.63) is 29.3 Å². The molecule has 0 fully saturated rings. The van der Waals surface area contributed by atoms with Crippen molar-refractivity contribution in [2.75, 3.05) is 13.1 Å². The zero-order chi connectivity index (χ0) is 19.3. The number of carboxylic acids is 1. The average molecular weight is 364 g/mol. The molecule has 2 rings (SSSR count). The van der Waals surface area contributed by atoms with Crippen molar-refractivity contribution in [3.8, 4) is 5.75 Å². The third-order valence-electron chi connectivity index (χ3n) is 3.65. The van der Waals surface area contributed by atoms with Gasteiger partial charge in [-0.1, -0.05) is 12.1 Å². The molecular weight excluding hydrogens is 343 g/mol. The van der Waals surface area contributed by atoms with Gasteiger partial charge < -0.3 is 31.6 Å². The number of hydrazine groups is 1. The molecule has 11 nitrogen and oxygen atoms in total. The molecule has 1 aliphatic heterocycles. The van der Waals surface area contributed by atoms with Crippen LogP contribution in [0.25, 0.3) is 0 Å². The Morgan fingerprint density at radius 3 is 2.85 bits per heavy atom. The van der Waals surface area contributed by atoms with Crippen LogP contribution in [-0.4, -0.2) is 59.1 Å². The fraction of sp³-hybridized carbons (Fsp3) is 0.357. The van der Waals surface area contributed by atoms with Crippen molar-refractivity contribution in [1.29, 1.82) is 0 Å². The zero-order valence-corrected chi connectivity index (χ0v) is 14.0. The molecular formula is C14H21BN6O5. The van der Waals surface area contributed by atoms with Crippen molar-refractivity contribution >= 4 is 24.8 Å². The van der Waals surface area contributed by atoms with E-state index < -0.39 is 24.9 Å². The molecule has 1 unspecified atom stereocenters. The Bertz CT molecular complexity index is 715. The van der Waals surface area contributed by atoms with Gasteiger partial charge in [0.25, 0.3) is 0 Å². The van der Waals surface area contributed by atoms with E-state index in [-0.39, 0.29) is 43.1 Å². The number of aromatic carboxylic acids is 1. The Labute approximate surface area is 149 Å². The second kappa shape index (κ2) is 8.51. The minimum atomic E-state index is -1.40. The minimum Gasteiger partial charge on any atom is -0.534 e. The summed E-state index contributed by atoms with van der Waals surface area (Å²) in [6.45, 7) is 0.559. The summed E-state index contributed by atoms with van der Waals surface area (Å²) in [5.74, 6) is 3.18. The third-order valence-corrected chi connectivity index (χ3v) is 3.65. The quantitative estimate of drug-likeness (QED) is 0.101. The fourth-order valence-electron chi connectivity index (χ4n) is 2.52. The van der Waals surface area contributed by atoms with Gasteiger partial charge in [0.1, 0.15) is 11.6 Å². The summed E-state index contributed by atoms with van der Waals surface area (Å²) in [6, 6.07) is 4.62. The lowest BCUT2D eigenvalue weighted by atomic mass is 9.72. The molecule has 0 spiro atoms. The highest BCUT2D eigenvalue weighted by atomic mass is 16.5. The van der Waals surface area contributed by atoms with Crippen molar-refractivity contribution in [3.63, 3.8) is 0 Å². The van der Waals surface area contributed by atoms with Gasteiger partial charge in [-0.2, -0.15) is 0 Å². The highest BCUT2D eigenvalue weighted by molar-refractivity contribution is 6.47. The number of amides is 1. The number of benzene rings is 1. The SMILES string of the molecule is NCCN(N)/N=C(\N)CC(=O)NC1Cc2cccc(C(=O)O)c2OB1O. The van der Waals surface area contributed by atoms with Crippen LogP contribution in [0, 0.1) is 0 Å². The third kappa shape index (κ3) is 4.85. The summed E-state index contributed by atoms with van der Waals surface area (Å²) >= 11 is 0. The molecule has 0 aromatic heterocycles. The zero-order valence-electron chi connectivity index (χ0n) is 14.0. The van der Waals surface area contributed by atoms with Gasteiger partial charge in [-0.3, -0.25) is 4.79 Å². The molecule has 1 atom stereocenters. The van der Waals surface area contributed by atoms with Gasteiger partial charge >= 0.3 is 13.1 Å². The number of nitrogens with two attached hydrogens (primary N) is 3. The number of nitrogens with one attached hydrogen (secondary N) is 1. The van der Waals surface area contributed by atoms with Gasteiger partial charge in [0, 0.05) is 6.54 Å². The lowest BCUT2D eigenvalue weighted by Gasteiger charge is -2.28. The maximum Gasteiger partial charge on any atom is 0.547 e. The molecule has 9 N–H and O–H groups in total. The van der Waals surface area contributed by atoms with Gasteiger partial charge in [-0.15, -0.1) is 5.10 Å². The first kappa shape index (κ1) is 19.5. The number of carboxylic acid groups (broad SMARTS) is 1. The molecule has 1 heterocycles. The number of fused-ring (bicyclic) bond motifs is 1. The molecule has 26 heavy (non-hydrogen) atoms. The highest BCUT2D eigenvalue weighted by Crippen LogP contribution is 2.30. The molecule has 0 radical (unpaired) electrons. The van der Waals surface area contributed by atoms with Crippen LogP contribution in [0.1, 0.15) is 22.3 Å². The number of nitrogens with zero attached hydrogens (tertiary/aromatic N) is 2. The number of carbonyl (C=O) groups excluding carboxylic acids is 1. The van der Waals surface area contributed by atoms with E-state index in [4.69, 9.17) is 27.1 Å². The van der Waals surface area contributed by atoms with E-state index in [0.29, 0.717) is 5.56 Å². The standard InChI is InChI=1S/C14H21BN6O5/c16-4-5-21(18)20-11(17)7-12(22)19-10-6-8-2-1-3-9(14(23)24)13(8)26-15(10)25/h1-3,10,25H,4-7,16,18H2,(H2,17,20)(H,19,22)(H,23,24). The summed E-state index contributed by atoms with van der Waals surface area (Å²) in [4.78, 5) is 23.3. The number of hydrogen-bond donors (Lipinski definition) is 6. The second-order valence-corrected chi connectivity index (χ2v) is 5.71. The van der Waals surface area contributed by atoms with Crippen LogP contribution >= 0.6 is 0 Å². The number of rotatable bonds is 7. The monoisotopic (exact) mass is 364 g/mol. The van der Waals surface area contributed by atoms with Gasteiger partial charge in [0.15, 0.2) is 0 Å². The molecule has 1 amide bonds. The lowest BCUT2D eigenvalue weighted by Crippen LogP contribution is -2.53. The van der Waals surface area contributed by atoms with E-state index >= 15 is 0 Å². The first-order valence-electron chi connectivity index (χ1n) is 7.86. The molecule has 0 aliphatic carbocycles. The van der Waals surface area contributed by atoms with Crippen LogP contribution < -0.4 is 27.3 Å². The Balaban J connectivity index is 2.02. The van der Waals surface area contributed by atoms with Crippen LogP contribution in [0.3, 0.4) is 0 Å². The van der Waals surface area contributed by atoms with Crippen LogP contribution in [0.4, 0.5) is 0 Å². The molecule has 0 bridgehead atoms. The number of amidine groups is 1. The van der Waals surface area contributed by atoms with E-state index in [9.17, 15) is 14.6 Å². The smallest absolute Gasteiger partial charge is 0.534 e. The van der Waals surface area contributed by atoms with Gasteiger partial charge in [-0.05, 0) is 18.1 Å². The summed E-state index contributed by atoms with van der Waals surface area (Å²) in [5.41, 5.74) is 11.5. The molecule has 0 saturated carbocycles. The van der Waals surface area contributed by atoms with E-state index in [0.717, 1.165) is 5.12 Å². The number of para-hydroxylation sites is 1. The summed E-state index contributed by atoms with van der Waals surface area (Å²) in [5, 5.41) is 26.7. The molecule has 0 saturated heterocycles. The average Bonchev–Trinajstić information content (AvgIpc) is 2.54. The Morgan fingerprint density at radius 2 is 2.19 bits per heavy atom. The minimum absolute atomic E-state index is 0.0155. The van der Waals surface area contributed by atoms with E-state index in [2.05, 4.69) is 10.4 Å². The highest BCUT2D eigenvalue weighted by Gasteiger charge is 2.37. The van der Waals surface area contributed by atoms with Crippen molar-refractivity contribution in [2.45, 2.75) is 18.8 Å². The molecule has 12 heteroatoms. The van der Waals surface area contributed by atoms with Crippen LogP contribution in [0.2, 0.25) is 0 Å². The normalized spacial score (nSPS) is 16.5. The summed E-state index contributed by atoms with van der Waals surface area (Å²) in [7, 11) is -1.40. The predicted molar refractivity (Wildman–Crippen MR) is 93.8 cm³/mol. The van der Waals surface area contributed by atoms with Gasteiger partial charge in [0.05, 0.1) is 24.5 Å². The lowest BCUT2D eigenvalue weighted by molar-refractivity contribution is -0.120.